The predicted octanol–water partition coefficient (Wildman–Crippen LogP) is 6.49. The molecule has 0 aromatic heterocycles. The summed E-state index contributed by atoms with van der Waals surface area (Å²) in [6, 6.07) is 7.37. The average Bonchev–Trinajstić information content (AvgIpc) is 3.68. The minimum Gasteiger partial charge on any atom is -0.381 e. The number of halogens is 1. The van der Waals surface area contributed by atoms with Gasteiger partial charge in [-0.1, -0.05) is 26.8 Å². The van der Waals surface area contributed by atoms with Gasteiger partial charge in [-0.05, 0) is 86.0 Å². The summed E-state index contributed by atoms with van der Waals surface area (Å²) in [5, 5.41) is 0. The first-order chi connectivity index (χ1) is 16.4. The van der Waals surface area contributed by atoms with E-state index >= 15 is 0 Å². The van der Waals surface area contributed by atoms with E-state index in [1.54, 1.807) is 5.57 Å². The van der Waals surface area contributed by atoms with Crippen LogP contribution >= 0.6 is 12.4 Å². The molecule has 196 valence electrons. The standard InChI is InChI=1S/C30H47N3O.ClH/c1-30(2,3)25-9-7-24(8-10-25)28-21-26(32-15-13-27(34-4)14-16-32)11-12-29(28)33-19-17-31(18-20-33)22-23-5-6-23;/h7,11-12,21,23,25,27H,5-6,8-10,13-20,22H2,1-4H3;1H. The van der Waals surface area contributed by atoms with Crippen molar-refractivity contribution in [1.29, 1.82) is 0 Å². The summed E-state index contributed by atoms with van der Waals surface area (Å²) in [6.45, 7) is 15.5. The van der Waals surface area contributed by atoms with Crippen LogP contribution in [0.1, 0.15) is 71.3 Å². The minimum atomic E-state index is 0. The maximum atomic E-state index is 5.62. The highest BCUT2D eigenvalue weighted by Crippen LogP contribution is 2.43. The van der Waals surface area contributed by atoms with E-state index in [1.165, 1.54) is 68.7 Å². The molecule has 4 aliphatic rings. The van der Waals surface area contributed by atoms with Crippen LogP contribution in [0.25, 0.3) is 5.57 Å². The van der Waals surface area contributed by atoms with Crippen molar-refractivity contribution < 1.29 is 4.74 Å². The Labute approximate surface area is 220 Å². The third-order valence-electron chi connectivity index (χ3n) is 9.03. The molecule has 0 N–H and O–H groups in total. The number of piperidine rings is 1. The second kappa shape index (κ2) is 11.4. The third-order valence-corrected chi connectivity index (χ3v) is 9.03. The number of piperazine rings is 1. The van der Waals surface area contributed by atoms with Crippen LogP contribution in [0.4, 0.5) is 11.4 Å². The quantitative estimate of drug-likeness (QED) is 0.443. The highest BCUT2D eigenvalue weighted by molar-refractivity contribution is 5.85. The zero-order valence-electron chi connectivity index (χ0n) is 22.6. The molecular weight excluding hydrogens is 454 g/mol. The van der Waals surface area contributed by atoms with E-state index in [2.05, 4.69) is 59.7 Å². The zero-order chi connectivity index (χ0) is 23.7. The summed E-state index contributed by atoms with van der Waals surface area (Å²) < 4.78 is 5.62. The van der Waals surface area contributed by atoms with Gasteiger partial charge in [0, 0.05) is 69.9 Å². The number of hydrogen-bond donors (Lipinski definition) is 0. The number of nitrogens with zero attached hydrogens (tertiary/aromatic N) is 3. The number of rotatable bonds is 6. The van der Waals surface area contributed by atoms with Crippen LogP contribution < -0.4 is 9.80 Å². The molecule has 2 aliphatic carbocycles. The topological polar surface area (TPSA) is 19.0 Å². The highest BCUT2D eigenvalue weighted by atomic mass is 35.5. The Morgan fingerprint density at radius 1 is 0.886 bits per heavy atom. The molecule has 0 bridgehead atoms. The van der Waals surface area contributed by atoms with E-state index in [4.69, 9.17) is 4.74 Å². The number of ether oxygens (including phenoxy) is 1. The van der Waals surface area contributed by atoms with Crippen molar-refractivity contribution >= 4 is 29.4 Å². The van der Waals surface area contributed by atoms with Crippen molar-refractivity contribution in [3.8, 4) is 0 Å². The second-order valence-electron chi connectivity index (χ2n) is 12.4. The van der Waals surface area contributed by atoms with E-state index < -0.39 is 0 Å². The predicted molar refractivity (Wildman–Crippen MR) is 152 cm³/mol. The Morgan fingerprint density at radius 2 is 1.60 bits per heavy atom. The van der Waals surface area contributed by atoms with Gasteiger partial charge in [0.15, 0.2) is 0 Å². The van der Waals surface area contributed by atoms with E-state index in [0.29, 0.717) is 11.5 Å². The summed E-state index contributed by atoms with van der Waals surface area (Å²) in [4.78, 5) is 7.96. The number of methoxy groups -OCH3 is 1. The summed E-state index contributed by atoms with van der Waals surface area (Å²) >= 11 is 0. The number of allylic oxidation sites excluding steroid dienone is 2. The molecule has 5 heteroatoms. The maximum Gasteiger partial charge on any atom is 0.0605 e. The van der Waals surface area contributed by atoms with E-state index in [9.17, 15) is 0 Å². The lowest BCUT2D eigenvalue weighted by Gasteiger charge is -2.39. The first-order valence-electron chi connectivity index (χ1n) is 14.0. The zero-order valence-corrected chi connectivity index (χ0v) is 23.4. The molecule has 1 aromatic rings. The van der Waals surface area contributed by atoms with Crippen molar-refractivity contribution in [3.63, 3.8) is 0 Å². The Kier molecular flexibility index (Phi) is 8.77. The normalized spacial score (nSPS) is 24.8. The molecule has 3 fully saturated rings. The maximum absolute atomic E-state index is 5.62. The Hall–Kier alpha value is -1.23. The van der Waals surface area contributed by atoms with Crippen LogP contribution in [0.15, 0.2) is 24.3 Å². The van der Waals surface area contributed by atoms with Gasteiger partial charge < -0.3 is 14.5 Å². The smallest absolute Gasteiger partial charge is 0.0605 e. The van der Waals surface area contributed by atoms with Crippen molar-refractivity contribution in [2.75, 3.05) is 62.7 Å². The second-order valence-corrected chi connectivity index (χ2v) is 12.4. The fraction of sp³-hybridized carbons (Fsp3) is 0.733. The molecule has 1 atom stereocenters. The van der Waals surface area contributed by atoms with Gasteiger partial charge in [0.2, 0.25) is 0 Å². The summed E-state index contributed by atoms with van der Waals surface area (Å²) in [5.74, 6) is 1.79. The highest BCUT2D eigenvalue weighted by Gasteiger charge is 2.30. The molecule has 5 rings (SSSR count). The molecule has 35 heavy (non-hydrogen) atoms. The van der Waals surface area contributed by atoms with Gasteiger partial charge in [0.25, 0.3) is 0 Å². The van der Waals surface area contributed by atoms with Crippen molar-refractivity contribution in [2.45, 2.75) is 71.8 Å². The summed E-state index contributed by atoms with van der Waals surface area (Å²) in [5.41, 5.74) is 6.37. The lowest BCUT2D eigenvalue weighted by Crippen LogP contribution is -2.47. The van der Waals surface area contributed by atoms with Gasteiger partial charge in [-0.2, -0.15) is 0 Å². The van der Waals surface area contributed by atoms with Crippen LogP contribution in [0.3, 0.4) is 0 Å². The van der Waals surface area contributed by atoms with Crippen LogP contribution in [0.5, 0.6) is 0 Å². The van der Waals surface area contributed by atoms with Crippen molar-refractivity contribution in [2.24, 2.45) is 17.3 Å². The van der Waals surface area contributed by atoms with Crippen LogP contribution in [0.2, 0.25) is 0 Å². The number of anilines is 2. The fourth-order valence-corrected chi connectivity index (χ4v) is 6.31. The van der Waals surface area contributed by atoms with Gasteiger partial charge in [-0.3, -0.25) is 4.90 Å². The molecule has 4 nitrogen and oxygen atoms in total. The number of benzene rings is 1. The van der Waals surface area contributed by atoms with E-state index in [-0.39, 0.29) is 12.4 Å². The molecule has 0 amide bonds. The molecular formula is C30H48ClN3O. The van der Waals surface area contributed by atoms with Crippen LogP contribution in [-0.2, 0) is 4.74 Å². The molecule has 2 saturated heterocycles. The number of hydrogen-bond acceptors (Lipinski definition) is 4. The molecule has 1 aromatic carbocycles. The minimum absolute atomic E-state index is 0. The van der Waals surface area contributed by atoms with Crippen molar-refractivity contribution in [3.05, 3.63) is 29.8 Å². The van der Waals surface area contributed by atoms with Gasteiger partial charge in [-0.15, -0.1) is 12.4 Å². The third kappa shape index (κ3) is 6.56. The Morgan fingerprint density at radius 3 is 2.17 bits per heavy atom. The molecule has 2 aliphatic heterocycles. The Bertz CT molecular complexity index is 859. The van der Waals surface area contributed by atoms with E-state index in [1.807, 2.05) is 7.11 Å². The van der Waals surface area contributed by atoms with Gasteiger partial charge in [0.05, 0.1) is 6.10 Å². The summed E-state index contributed by atoms with van der Waals surface area (Å²) in [7, 11) is 1.86. The largest absolute Gasteiger partial charge is 0.381 e. The molecule has 0 spiro atoms. The molecule has 2 heterocycles. The van der Waals surface area contributed by atoms with Gasteiger partial charge in [-0.25, -0.2) is 0 Å². The van der Waals surface area contributed by atoms with Crippen molar-refractivity contribution in [1.82, 2.24) is 4.90 Å². The van der Waals surface area contributed by atoms with Gasteiger partial charge in [0.1, 0.15) is 0 Å². The Balaban J connectivity index is 0.00000289. The molecule has 1 saturated carbocycles. The van der Waals surface area contributed by atoms with E-state index in [0.717, 1.165) is 50.9 Å². The van der Waals surface area contributed by atoms with Crippen LogP contribution in [0, 0.1) is 17.3 Å². The average molecular weight is 502 g/mol. The molecule has 0 radical (unpaired) electrons. The van der Waals surface area contributed by atoms with Crippen LogP contribution in [-0.4, -0.2) is 63.9 Å². The SMILES string of the molecule is COC1CCN(c2ccc(N3CCN(CC4CC4)CC3)c(C3=CCC(C(C)(C)C)CC3)c2)CC1.Cl. The van der Waals surface area contributed by atoms with Gasteiger partial charge >= 0.3 is 0 Å². The first kappa shape index (κ1) is 26.8. The first-order valence-corrected chi connectivity index (χ1v) is 14.0. The monoisotopic (exact) mass is 501 g/mol. The lowest BCUT2D eigenvalue weighted by molar-refractivity contribution is 0.0819. The molecule has 1 unspecified atom stereocenters. The summed E-state index contributed by atoms with van der Waals surface area (Å²) in [6.07, 6.45) is 11.9. The lowest BCUT2D eigenvalue weighted by atomic mass is 9.72. The fourth-order valence-electron chi connectivity index (χ4n) is 6.31.